The molecule has 2 N–H and O–H groups in total. The standard InChI is InChI=1S/C41H67O9P/c1-3-5-7-8-9-10-11-12-13-14-15-16-17-20-23-26-30-34-40(43)48-36-39(37-49-51(45,46)47)50-41(44)35-31-27-24-21-18-19-22-25-29-33-38(42)32-28-6-4-2/h9-10,12-13,15-16,20,22-23,25,29,33,39H,3-8,11,14,17-19,21,24,26-28,30-32,34-37H2,1-2H3,(H2,45,46,47)/b10-9-,13-12-,16-15-,23-20-,25-22-,33-29+/t39-/m1/s1. The summed E-state index contributed by atoms with van der Waals surface area (Å²) in [6.07, 6.45) is 41.8. The smallest absolute Gasteiger partial charge is 0.462 e. The van der Waals surface area contributed by atoms with Crippen LogP contribution in [0, 0.1) is 0 Å². The zero-order valence-electron chi connectivity index (χ0n) is 31.5. The van der Waals surface area contributed by atoms with Crippen molar-refractivity contribution < 1.29 is 42.7 Å². The van der Waals surface area contributed by atoms with Gasteiger partial charge in [-0.3, -0.25) is 18.9 Å². The highest BCUT2D eigenvalue weighted by molar-refractivity contribution is 7.46. The number of rotatable bonds is 34. The third kappa shape index (κ3) is 38.2. The minimum absolute atomic E-state index is 0.145. The topological polar surface area (TPSA) is 136 Å². The number of carbonyl (C=O) groups is 3. The summed E-state index contributed by atoms with van der Waals surface area (Å²) < 4.78 is 26.2. The number of ether oxygens (including phenoxy) is 2. The molecule has 0 aliphatic carbocycles. The van der Waals surface area contributed by atoms with E-state index in [1.165, 1.54) is 19.3 Å². The maximum absolute atomic E-state index is 12.4. The monoisotopic (exact) mass is 734 g/mol. The van der Waals surface area contributed by atoms with Gasteiger partial charge in [-0.05, 0) is 76.7 Å². The third-order valence-electron chi connectivity index (χ3n) is 7.67. The minimum atomic E-state index is -4.79. The lowest BCUT2D eigenvalue weighted by Crippen LogP contribution is -2.29. The van der Waals surface area contributed by atoms with E-state index in [2.05, 4.69) is 60.9 Å². The van der Waals surface area contributed by atoms with Crippen LogP contribution in [-0.2, 0) is 32.9 Å². The van der Waals surface area contributed by atoms with Gasteiger partial charge in [0.15, 0.2) is 11.9 Å². The second kappa shape index (κ2) is 35.6. The van der Waals surface area contributed by atoms with Crippen LogP contribution in [-0.4, -0.2) is 46.8 Å². The van der Waals surface area contributed by atoms with Crippen LogP contribution in [0.2, 0.25) is 0 Å². The van der Waals surface area contributed by atoms with Gasteiger partial charge in [0.1, 0.15) is 6.61 Å². The van der Waals surface area contributed by atoms with Crippen molar-refractivity contribution in [3.05, 3.63) is 72.9 Å². The Morgan fingerprint density at radius 1 is 0.569 bits per heavy atom. The van der Waals surface area contributed by atoms with Crippen molar-refractivity contribution in [2.24, 2.45) is 0 Å². The van der Waals surface area contributed by atoms with Gasteiger partial charge in [0.2, 0.25) is 0 Å². The summed E-state index contributed by atoms with van der Waals surface area (Å²) >= 11 is 0. The van der Waals surface area contributed by atoms with E-state index in [1.807, 2.05) is 18.2 Å². The molecule has 0 heterocycles. The molecule has 0 aromatic carbocycles. The van der Waals surface area contributed by atoms with Crippen molar-refractivity contribution in [2.75, 3.05) is 13.2 Å². The van der Waals surface area contributed by atoms with Crippen molar-refractivity contribution >= 4 is 25.5 Å². The molecule has 0 aromatic rings. The van der Waals surface area contributed by atoms with Crippen LogP contribution in [0.3, 0.4) is 0 Å². The van der Waals surface area contributed by atoms with Crippen LogP contribution in [0.4, 0.5) is 0 Å². The molecular formula is C41H67O9P. The Bertz CT molecular complexity index is 1110. The van der Waals surface area contributed by atoms with Gasteiger partial charge in [-0.15, -0.1) is 0 Å². The molecule has 0 unspecified atom stereocenters. The van der Waals surface area contributed by atoms with Crippen LogP contribution in [0.1, 0.15) is 149 Å². The summed E-state index contributed by atoms with van der Waals surface area (Å²) in [5.41, 5.74) is 0. The molecule has 0 aliphatic rings. The Morgan fingerprint density at radius 3 is 1.73 bits per heavy atom. The first-order valence-electron chi connectivity index (χ1n) is 19.2. The largest absolute Gasteiger partial charge is 0.469 e. The predicted molar refractivity (Wildman–Crippen MR) is 207 cm³/mol. The van der Waals surface area contributed by atoms with E-state index < -0.39 is 32.5 Å². The molecule has 0 saturated carbocycles. The average molecular weight is 735 g/mol. The van der Waals surface area contributed by atoms with Gasteiger partial charge in [-0.2, -0.15) is 0 Å². The Balaban J connectivity index is 4.15. The molecule has 0 radical (unpaired) electrons. The maximum atomic E-state index is 12.4. The van der Waals surface area contributed by atoms with Gasteiger partial charge in [0, 0.05) is 19.3 Å². The lowest BCUT2D eigenvalue weighted by Gasteiger charge is -2.18. The molecule has 9 nitrogen and oxygen atoms in total. The molecule has 290 valence electrons. The van der Waals surface area contributed by atoms with Crippen molar-refractivity contribution in [2.45, 2.75) is 155 Å². The average Bonchev–Trinajstić information content (AvgIpc) is 3.09. The SMILES string of the molecule is CCCCC/C=C\C/C=C\C/C=C\C/C=C\CCCC(=O)OC[C@H](COP(=O)(O)O)OC(=O)CCCCCCC/C=C\C=C\C(=O)CCCCC. The maximum Gasteiger partial charge on any atom is 0.469 e. The molecule has 0 aromatic heterocycles. The fraction of sp³-hybridized carbons (Fsp3) is 0.634. The number of carbonyl (C=O) groups excluding carboxylic acids is 3. The fourth-order valence-electron chi connectivity index (χ4n) is 4.76. The van der Waals surface area contributed by atoms with Crippen molar-refractivity contribution in [3.8, 4) is 0 Å². The van der Waals surface area contributed by atoms with Crippen molar-refractivity contribution in [1.82, 2.24) is 0 Å². The Kier molecular flexibility index (Phi) is 33.6. The van der Waals surface area contributed by atoms with Crippen molar-refractivity contribution in [1.29, 1.82) is 0 Å². The zero-order valence-corrected chi connectivity index (χ0v) is 32.4. The van der Waals surface area contributed by atoms with Crippen LogP contribution in [0.15, 0.2) is 72.9 Å². The summed E-state index contributed by atoms with van der Waals surface area (Å²) in [4.78, 5) is 54.4. The molecular weight excluding hydrogens is 667 g/mol. The highest BCUT2D eigenvalue weighted by Crippen LogP contribution is 2.36. The quantitative estimate of drug-likeness (QED) is 0.0165. The second-order valence-electron chi connectivity index (χ2n) is 12.6. The van der Waals surface area contributed by atoms with Gasteiger partial charge in [0.05, 0.1) is 6.61 Å². The first-order valence-corrected chi connectivity index (χ1v) is 20.7. The van der Waals surface area contributed by atoms with E-state index in [0.29, 0.717) is 25.7 Å². The number of ketones is 1. The summed E-state index contributed by atoms with van der Waals surface area (Å²) in [5, 5.41) is 0. The summed E-state index contributed by atoms with van der Waals surface area (Å²) in [6.45, 7) is 3.41. The van der Waals surface area contributed by atoms with E-state index in [-0.39, 0.29) is 25.2 Å². The summed E-state index contributed by atoms with van der Waals surface area (Å²) in [7, 11) is -4.79. The number of phosphoric acid groups is 1. The number of hydrogen-bond donors (Lipinski definition) is 2. The molecule has 1 atom stereocenters. The van der Waals surface area contributed by atoms with Crippen LogP contribution >= 0.6 is 7.82 Å². The molecule has 10 heteroatoms. The van der Waals surface area contributed by atoms with E-state index in [1.54, 1.807) is 12.2 Å². The minimum Gasteiger partial charge on any atom is -0.462 e. The lowest BCUT2D eigenvalue weighted by atomic mass is 10.1. The molecule has 51 heavy (non-hydrogen) atoms. The van der Waals surface area contributed by atoms with Gasteiger partial charge in [0.25, 0.3) is 0 Å². The number of hydrogen-bond acceptors (Lipinski definition) is 7. The van der Waals surface area contributed by atoms with E-state index in [0.717, 1.165) is 77.0 Å². The lowest BCUT2D eigenvalue weighted by molar-refractivity contribution is -0.161. The van der Waals surface area contributed by atoms with Crippen LogP contribution < -0.4 is 0 Å². The molecule has 0 spiro atoms. The zero-order chi connectivity index (χ0) is 37.7. The summed E-state index contributed by atoms with van der Waals surface area (Å²) in [5.74, 6) is -0.854. The van der Waals surface area contributed by atoms with Gasteiger partial charge < -0.3 is 19.3 Å². The van der Waals surface area contributed by atoms with E-state index in [4.69, 9.17) is 19.3 Å². The Labute approximate surface area is 308 Å². The third-order valence-corrected chi connectivity index (χ3v) is 8.16. The number of phosphoric ester groups is 1. The number of unbranched alkanes of at least 4 members (excludes halogenated alkanes) is 11. The predicted octanol–water partition coefficient (Wildman–Crippen LogP) is 10.7. The van der Waals surface area contributed by atoms with Crippen LogP contribution in [0.5, 0.6) is 0 Å². The van der Waals surface area contributed by atoms with Crippen molar-refractivity contribution in [3.63, 3.8) is 0 Å². The first kappa shape index (κ1) is 48.2. The number of esters is 2. The second-order valence-corrected chi connectivity index (χ2v) is 13.8. The molecule has 0 fully saturated rings. The van der Waals surface area contributed by atoms with Crippen LogP contribution in [0.25, 0.3) is 0 Å². The van der Waals surface area contributed by atoms with E-state index in [9.17, 15) is 18.9 Å². The molecule has 0 aliphatic heterocycles. The Hall–Kier alpha value is -2.84. The highest BCUT2D eigenvalue weighted by Gasteiger charge is 2.22. The molecule has 0 amide bonds. The highest BCUT2D eigenvalue weighted by atomic mass is 31.2. The van der Waals surface area contributed by atoms with E-state index >= 15 is 0 Å². The first-order chi connectivity index (χ1) is 24.7. The fourth-order valence-corrected chi connectivity index (χ4v) is 5.12. The van der Waals surface area contributed by atoms with Gasteiger partial charge in [-0.25, -0.2) is 4.57 Å². The van der Waals surface area contributed by atoms with Gasteiger partial charge >= 0.3 is 19.8 Å². The molecule has 0 bridgehead atoms. The molecule has 0 rings (SSSR count). The normalized spacial score (nSPS) is 13.2. The molecule has 0 saturated heterocycles. The Morgan fingerprint density at radius 2 is 1.08 bits per heavy atom. The van der Waals surface area contributed by atoms with Gasteiger partial charge in [-0.1, -0.05) is 126 Å². The number of allylic oxidation sites excluding steroid dienone is 12. The summed E-state index contributed by atoms with van der Waals surface area (Å²) in [6, 6.07) is 0.